The summed E-state index contributed by atoms with van der Waals surface area (Å²) < 4.78 is 5.29. The van der Waals surface area contributed by atoms with E-state index in [1.54, 1.807) is 23.9 Å². The number of fused-ring (bicyclic) bond motifs is 1. The second-order valence-electron chi connectivity index (χ2n) is 6.01. The molecule has 1 amide bonds. The number of anilines is 1. The number of thioether (sulfide) groups is 1. The lowest BCUT2D eigenvalue weighted by molar-refractivity contribution is -0.125. The summed E-state index contributed by atoms with van der Waals surface area (Å²) in [7, 11) is 0. The molecule has 2 aromatic carbocycles. The minimum absolute atomic E-state index is 0.363. The molecule has 1 N–H and O–H groups in total. The molecule has 27 heavy (non-hydrogen) atoms. The first-order chi connectivity index (χ1) is 13.1. The Labute approximate surface area is 164 Å². The molecule has 1 aromatic heterocycles. The van der Waals surface area contributed by atoms with E-state index in [1.165, 1.54) is 16.2 Å². The van der Waals surface area contributed by atoms with Gasteiger partial charge < -0.3 is 4.74 Å². The maximum absolute atomic E-state index is 12.5. The van der Waals surface area contributed by atoms with Crippen molar-refractivity contribution in [3.63, 3.8) is 0 Å². The van der Waals surface area contributed by atoms with E-state index in [0.29, 0.717) is 17.1 Å². The van der Waals surface area contributed by atoms with Crippen LogP contribution >= 0.6 is 23.1 Å². The van der Waals surface area contributed by atoms with Gasteiger partial charge in [-0.3, -0.25) is 10.1 Å². The van der Waals surface area contributed by atoms with Crippen molar-refractivity contribution in [1.29, 1.82) is 0 Å². The summed E-state index contributed by atoms with van der Waals surface area (Å²) in [5, 5.41) is 5.14. The minimum Gasteiger partial charge on any atom is -0.448 e. The summed E-state index contributed by atoms with van der Waals surface area (Å²) >= 11 is 3.03. The zero-order valence-corrected chi connectivity index (χ0v) is 16.1. The van der Waals surface area contributed by atoms with Gasteiger partial charge >= 0.3 is 5.97 Å². The molecule has 1 aliphatic heterocycles. The topological polar surface area (TPSA) is 68.3 Å². The normalized spacial score (nSPS) is 15.7. The van der Waals surface area contributed by atoms with Gasteiger partial charge in [0, 0.05) is 22.3 Å². The average molecular weight is 396 g/mol. The number of carbonyl (C=O) groups is 2. The summed E-state index contributed by atoms with van der Waals surface area (Å²) in [6.07, 6.45) is 1.55. The number of nitrogens with one attached hydrogen (secondary N) is 1. The second-order valence-corrected chi connectivity index (χ2v) is 7.75. The van der Waals surface area contributed by atoms with Gasteiger partial charge in [0.05, 0.1) is 11.3 Å². The molecule has 3 aromatic rings. The molecular weight excluding hydrogens is 380 g/mol. The maximum atomic E-state index is 12.5. The van der Waals surface area contributed by atoms with Crippen LogP contribution in [0.2, 0.25) is 0 Å². The van der Waals surface area contributed by atoms with E-state index in [9.17, 15) is 9.59 Å². The Bertz CT molecular complexity index is 998. The molecule has 1 atom stereocenters. The van der Waals surface area contributed by atoms with Crippen LogP contribution in [0, 0.1) is 0 Å². The molecule has 1 aliphatic rings. The quantitative estimate of drug-likeness (QED) is 0.527. The van der Waals surface area contributed by atoms with Gasteiger partial charge in [0.25, 0.3) is 5.91 Å². The van der Waals surface area contributed by atoms with Crippen molar-refractivity contribution in [3.8, 4) is 11.3 Å². The van der Waals surface area contributed by atoms with E-state index in [-0.39, 0.29) is 5.91 Å². The SMILES string of the molecule is CSc1ccc(-c2csc(NC(=O)[C@@H]3Cc4ccccc4C(=O)O3)n2)cc1. The molecule has 5 nitrogen and oxygen atoms in total. The summed E-state index contributed by atoms with van der Waals surface area (Å²) in [4.78, 5) is 30.3. The van der Waals surface area contributed by atoms with Crippen LogP contribution in [0.3, 0.4) is 0 Å². The van der Waals surface area contributed by atoms with Crippen molar-refractivity contribution in [2.75, 3.05) is 11.6 Å². The van der Waals surface area contributed by atoms with Crippen molar-refractivity contribution < 1.29 is 14.3 Å². The number of cyclic esters (lactones) is 1. The monoisotopic (exact) mass is 396 g/mol. The third-order valence-corrected chi connectivity index (χ3v) is 5.81. The third kappa shape index (κ3) is 3.74. The molecule has 0 radical (unpaired) electrons. The molecule has 0 aliphatic carbocycles. The molecule has 0 saturated carbocycles. The second kappa shape index (κ2) is 7.54. The van der Waals surface area contributed by atoms with Gasteiger partial charge in [-0.05, 0) is 30.0 Å². The van der Waals surface area contributed by atoms with Crippen LogP contribution in [-0.4, -0.2) is 29.2 Å². The van der Waals surface area contributed by atoms with Crippen LogP contribution in [0.1, 0.15) is 15.9 Å². The fourth-order valence-corrected chi connectivity index (χ4v) is 4.02. The molecule has 0 saturated heterocycles. The summed E-state index contributed by atoms with van der Waals surface area (Å²) in [5.74, 6) is -0.831. The lowest BCUT2D eigenvalue weighted by Gasteiger charge is -2.23. The number of rotatable bonds is 4. The molecule has 136 valence electrons. The number of hydrogen-bond acceptors (Lipinski definition) is 6. The van der Waals surface area contributed by atoms with Crippen LogP contribution in [0.4, 0.5) is 5.13 Å². The van der Waals surface area contributed by atoms with Gasteiger partial charge in [0.2, 0.25) is 0 Å². The fraction of sp³-hybridized carbons (Fsp3) is 0.150. The van der Waals surface area contributed by atoms with Crippen molar-refractivity contribution >= 4 is 40.1 Å². The van der Waals surface area contributed by atoms with Crippen molar-refractivity contribution in [2.24, 2.45) is 0 Å². The Morgan fingerprint density at radius 2 is 2.00 bits per heavy atom. The van der Waals surface area contributed by atoms with Crippen LogP contribution in [0.25, 0.3) is 11.3 Å². The number of amides is 1. The van der Waals surface area contributed by atoms with Gasteiger partial charge in [-0.1, -0.05) is 30.3 Å². The number of aromatic nitrogens is 1. The van der Waals surface area contributed by atoms with E-state index >= 15 is 0 Å². The van der Waals surface area contributed by atoms with Gasteiger partial charge in [0.1, 0.15) is 0 Å². The van der Waals surface area contributed by atoms with E-state index < -0.39 is 12.1 Å². The maximum Gasteiger partial charge on any atom is 0.339 e. The van der Waals surface area contributed by atoms with Crippen molar-refractivity contribution in [1.82, 2.24) is 4.98 Å². The lowest BCUT2D eigenvalue weighted by atomic mass is 9.98. The van der Waals surface area contributed by atoms with Crippen LogP contribution in [0.5, 0.6) is 0 Å². The Morgan fingerprint density at radius 1 is 1.22 bits per heavy atom. The predicted octanol–water partition coefficient (Wildman–Crippen LogP) is 4.25. The van der Waals surface area contributed by atoms with E-state index in [2.05, 4.69) is 10.3 Å². The first-order valence-corrected chi connectivity index (χ1v) is 10.4. The number of hydrogen-bond donors (Lipinski definition) is 1. The van der Waals surface area contributed by atoms with E-state index in [1.807, 2.05) is 48.0 Å². The first kappa shape index (κ1) is 17.8. The fourth-order valence-electron chi connectivity index (χ4n) is 2.89. The summed E-state index contributed by atoms with van der Waals surface area (Å²) in [6, 6.07) is 15.3. The zero-order chi connectivity index (χ0) is 18.8. The van der Waals surface area contributed by atoms with Crippen molar-refractivity contribution in [2.45, 2.75) is 17.4 Å². The van der Waals surface area contributed by atoms with Gasteiger partial charge in [0.15, 0.2) is 11.2 Å². The molecule has 0 unspecified atom stereocenters. The molecule has 0 fully saturated rings. The molecular formula is C20H16N2O3S2. The van der Waals surface area contributed by atoms with Gasteiger partial charge in [-0.2, -0.15) is 0 Å². The third-order valence-electron chi connectivity index (χ3n) is 4.30. The van der Waals surface area contributed by atoms with Crippen molar-refractivity contribution in [3.05, 3.63) is 65.0 Å². The van der Waals surface area contributed by atoms with Crippen LogP contribution < -0.4 is 5.32 Å². The molecule has 0 bridgehead atoms. The Morgan fingerprint density at radius 3 is 2.78 bits per heavy atom. The molecule has 4 rings (SSSR count). The first-order valence-electron chi connectivity index (χ1n) is 8.34. The highest BCUT2D eigenvalue weighted by Gasteiger charge is 2.31. The number of benzene rings is 2. The predicted molar refractivity (Wildman–Crippen MR) is 107 cm³/mol. The number of esters is 1. The largest absolute Gasteiger partial charge is 0.448 e. The number of ether oxygens (including phenoxy) is 1. The van der Waals surface area contributed by atoms with Gasteiger partial charge in [-0.25, -0.2) is 9.78 Å². The Kier molecular flexibility index (Phi) is 4.96. The summed E-state index contributed by atoms with van der Waals surface area (Å²) in [5.41, 5.74) is 3.13. The number of thiazole rings is 1. The van der Waals surface area contributed by atoms with E-state index in [0.717, 1.165) is 16.8 Å². The van der Waals surface area contributed by atoms with Gasteiger partial charge in [-0.15, -0.1) is 23.1 Å². The molecule has 7 heteroatoms. The number of carbonyl (C=O) groups excluding carboxylic acids is 2. The lowest BCUT2D eigenvalue weighted by Crippen LogP contribution is -2.37. The average Bonchev–Trinajstić information content (AvgIpc) is 3.16. The highest BCUT2D eigenvalue weighted by atomic mass is 32.2. The Hall–Kier alpha value is -2.64. The highest BCUT2D eigenvalue weighted by Crippen LogP contribution is 2.27. The standard InChI is InChI=1S/C20H16N2O3S2/c1-26-14-8-6-12(7-9-14)16-11-27-20(21-16)22-18(23)17-10-13-4-2-3-5-15(13)19(24)25-17/h2-9,11,17H,10H2,1H3,(H,21,22,23)/t17-/m0/s1. The van der Waals surface area contributed by atoms with Crippen LogP contribution in [0.15, 0.2) is 58.8 Å². The van der Waals surface area contributed by atoms with Crippen LogP contribution in [-0.2, 0) is 16.0 Å². The smallest absolute Gasteiger partial charge is 0.339 e. The molecule has 0 spiro atoms. The number of nitrogens with zero attached hydrogens (tertiary/aromatic N) is 1. The zero-order valence-electron chi connectivity index (χ0n) is 14.5. The highest BCUT2D eigenvalue weighted by molar-refractivity contribution is 7.98. The Balaban J connectivity index is 1.46. The van der Waals surface area contributed by atoms with E-state index in [4.69, 9.17) is 4.74 Å². The molecule has 2 heterocycles. The minimum atomic E-state index is -0.847. The summed E-state index contributed by atoms with van der Waals surface area (Å²) in [6.45, 7) is 0.